The van der Waals surface area contributed by atoms with Gasteiger partial charge in [0.1, 0.15) is 0 Å². The Morgan fingerprint density at radius 1 is 1.24 bits per heavy atom. The van der Waals surface area contributed by atoms with Crippen LogP contribution in [0, 0.1) is 10.1 Å². The molecule has 21 heavy (non-hydrogen) atoms. The zero-order valence-corrected chi connectivity index (χ0v) is 11.9. The van der Waals surface area contributed by atoms with Gasteiger partial charge in [0.15, 0.2) is 0 Å². The molecule has 0 bridgehead atoms. The lowest BCUT2D eigenvalue weighted by Crippen LogP contribution is -2.31. The summed E-state index contributed by atoms with van der Waals surface area (Å²) in [5.41, 5.74) is 0.546. The molecule has 1 aromatic rings. The van der Waals surface area contributed by atoms with E-state index in [1.165, 1.54) is 37.1 Å². The highest BCUT2D eigenvalue weighted by Crippen LogP contribution is 2.15. The SMILES string of the molecule is O=C(NCCCN1CCCC1)Nc1ccc([N+](=O)[O-])cc1. The number of hydrogen-bond acceptors (Lipinski definition) is 4. The molecule has 7 heteroatoms. The molecule has 0 saturated carbocycles. The molecule has 7 nitrogen and oxygen atoms in total. The molecule has 1 aliphatic rings. The lowest BCUT2D eigenvalue weighted by atomic mass is 10.3. The summed E-state index contributed by atoms with van der Waals surface area (Å²) in [6.45, 7) is 3.96. The molecule has 1 aromatic carbocycles. The first kappa shape index (κ1) is 15.2. The predicted octanol–water partition coefficient (Wildman–Crippen LogP) is 2.20. The zero-order valence-electron chi connectivity index (χ0n) is 11.9. The number of likely N-dealkylation sites (tertiary alicyclic amines) is 1. The van der Waals surface area contributed by atoms with Crippen LogP contribution in [-0.2, 0) is 0 Å². The Balaban J connectivity index is 1.65. The summed E-state index contributed by atoms with van der Waals surface area (Å²) in [6, 6.07) is 5.47. The van der Waals surface area contributed by atoms with Crippen molar-refractivity contribution in [2.45, 2.75) is 19.3 Å². The lowest BCUT2D eigenvalue weighted by Gasteiger charge is -2.14. The molecule has 1 saturated heterocycles. The van der Waals surface area contributed by atoms with Crippen LogP contribution in [-0.4, -0.2) is 42.0 Å². The van der Waals surface area contributed by atoms with E-state index >= 15 is 0 Å². The van der Waals surface area contributed by atoms with Gasteiger partial charge in [0.25, 0.3) is 5.69 Å². The first-order valence-electron chi connectivity index (χ1n) is 7.17. The average Bonchev–Trinajstić information content (AvgIpc) is 2.97. The molecule has 1 fully saturated rings. The fourth-order valence-electron chi connectivity index (χ4n) is 2.35. The summed E-state index contributed by atoms with van der Waals surface area (Å²) in [7, 11) is 0. The third kappa shape index (κ3) is 5.03. The summed E-state index contributed by atoms with van der Waals surface area (Å²) in [4.78, 5) is 24.1. The second kappa shape index (κ2) is 7.58. The first-order chi connectivity index (χ1) is 10.1. The Labute approximate surface area is 123 Å². The van der Waals surface area contributed by atoms with Gasteiger partial charge in [-0.1, -0.05) is 0 Å². The van der Waals surface area contributed by atoms with Crippen LogP contribution in [0.15, 0.2) is 24.3 Å². The number of carbonyl (C=O) groups excluding carboxylic acids is 1. The minimum Gasteiger partial charge on any atom is -0.338 e. The van der Waals surface area contributed by atoms with Crippen molar-refractivity contribution < 1.29 is 9.72 Å². The maximum absolute atomic E-state index is 11.7. The van der Waals surface area contributed by atoms with Gasteiger partial charge in [-0.2, -0.15) is 0 Å². The van der Waals surface area contributed by atoms with Gasteiger partial charge >= 0.3 is 6.03 Å². The van der Waals surface area contributed by atoms with E-state index in [9.17, 15) is 14.9 Å². The summed E-state index contributed by atoms with van der Waals surface area (Å²) in [6.07, 6.45) is 3.47. The second-order valence-electron chi connectivity index (χ2n) is 5.09. The smallest absolute Gasteiger partial charge is 0.319 e. The van der Waals surface area contributed by atoms with Crippen LogP contribution in [0.5, 0.6) is 0 Å². The number of rotatable bonds is 6. The topological polar surface area (TPSA) is 87.5 Å². The van der Waals surface area contributed by atoms with Crippen molar-refractivity contribution in [2.75, 3.05) is 31.5 Å². The second-order valence-corrected chi connectivity index (χ2v) is 5.09. The fourth-order valence-corrected chi connectivity index (χ4v) is 2.35. The zero-order chi connectivity index (χ0) is 15.1. The van der Waals surface area contributed by atoms with Crippen molar-refractivity contribution in [3.63, 3.8) is 0 Å². The minimum absolute atomic E-state index is 0.00608. The number of nitrogens with zero attached hydrogens (tertiary/aromatic N) is 2. The van der Waals surface area contributed by atoms with E-state index in [1.807, 2.05) is 0 Å². The predicted molar refractivity (Wildman–Crippen MR) is 80.4 cm³/mol. The van der Waals surface area contributed by atoms with Crippen LogP contribution >= 0.6 is 0 Å². The Bertz CT molecular complexity index is 483. The van der Waals surface area contributed by atoms with Gasteiger partial charge in [-0.25, -0.2) is 4.79 Å². The molecule has 0 aliphatic carbocycles. The highest BCUT2D eigenvalue weighted by molar-refractivity contribution is 5.89. The molecule has 0 aromatic heterocycles. The number of amides is 2. The highest BCUT2D eigenvalue weighted by atomic mass is 16.6. The third-order valence-corrected chi connectivity index (χ3v) is 3.47. The molecule has 114 valence electrons. The number of nitrogens with one attached hydrogen (secondary N) is 2. The van der Waals surface area contributed by atoms with Crippen molar-refractivity contribution in [1.82, 2.24) is 10.2 Å². The van der Waals surface area contributed by atoms with Gasteiger partial charge in [0.2, 0.25) is 0 Å². The van der Waals surface area contributed by atoms with Gasteiger partial charge < -0.3 is 15.5 Å². The number of hydrogen-bond donors (Lipinski definition) is 2. The largest absolute Gasteiger partial charge is 0.338 e. The molecule has 1 aliphatic heterocycles. The number of nitro groups is 1. The first-order valence-corrected chi connectivity index (χ1v) is 7.17. The summed E-state index contributed by atoms with van der Waals surface area (Å²) < 4.78 is 0. The monoisotopic (exact) mass is 292 g/mol. The van der Waals surface area contributed by atoms with E-state index in [2.05, 4.69) is 15.5 Å². The number of non-ortho nitro benzene ring substituents is 1. The van der Waals surface area contributed by atoms with Crippen LogP contribution in [0.4, 0.5) is 16.2 Å². The van der Waals surface area contributed by atoms with Gasteiger partial charge in [-0.3, -0.25) is 10.1 Å². The van der Waals surface area contributed by atoms with Crippen LogP contribution < -0.4 is 10.6 Å². The number of carbonyl (C=O) groups is 1. The highest BCUT2D eigenvalue weighted by Gasteiger charge is 2.10. The van der Waals surface area contributed by atoms with E-state index < -0.39 is 4.92 Å². The van der Waals surface area contributed by atoms with E-state index in [1.54, 1.807) is 0 Å². The van der Waals surface area contributed by atoms with Crippen molar-refractivity contribution >= 4 is 17.4 Å². The summed E-state index contributed by atoms with van der Waals surface area (Å²) in [5.74, 6) is 0. The van der Waals surface area contributed by atoms with Crippen LogP contribution in [0.3, 0.4) is 0 Å². The van der Waals surface area contributed by atoms with Crippen LogP contribution in [0.2, 0.25) is 0 Å². The minimum atomic E-state index is -0.470. The van der Waals surface area contributed by atoms with Crippen LogP contribution in [0.25, 0.3) is 0 Å². The fraction of sp³-hybridized carbons (Fsp3) is 0.500. The van der Waals surface area contributed by atoms with Gasteiger partial charge in [0.05, 0.1) is 4.92 Å². The normalized spacial score (nSPS) is 14.9. The van der Waals surface area contributed by atoms with Gasteiger partial charge in [-0.15, -0.1) is 0 Å². The van der Waals surface area contributed by atoms with Crippen molar-refractivity contribution in [1.29, 1.82) is 0 Å². The Hall–Kier alpha value is -2.15. The molecular weight excluding hydrogens is 272 g/mol. The Morgan fingerprint density at radius 2 is 1.90 bits per heavy atom. The Morgan fingerprint density at radius 3 is 2.52 bits per heavy atom. The molecule has 1 heterocycles. The Kier molecular flexibility index (Phi) is 5.51. The number of urea groups is 1. The molecule has 0 spiro atoms. The van der Waals surface area contributed by atoms with E-state index in [0.29, 0.717) is 12.2 Å². The molecule has 2 N–H and O–H groups in total. The lowest BCUT2D eigenvalue weighted by molar-refractivity contribution is -0.384. The molecule has 0 unspecified atom stereocenters. The van der Waals surface area contributed by atoms with E-state index in [-0.39, 0.29) is 11.7 Å². The third-order valence-electron chi connectivity index (χ3n) is 3.47. The molecule has 0 atom stereocenters. The van der Waals surface area contributed by atoms with E-state index in [0.717, 1.165) is 26.1 Å². The van der Waals surface area contributed by atoms with Crippen molar-refractivity contribution in [3.8, 4) is 0 Å². The molecular formula is C14H20N4O3. The van der Waals surface area contributed by atoms with Crippen molar-refractivity contribution in [2.24, 2.45) is 0 Å². The summed E-state index contributed by atoms with van der Waals surface area (Å²) >= 11 is 0. The standard InChI is InChI=1S/C14H20N4O3/c19-14(15-8-3-11-17-9-1-2-10-17)16-12-4-6-13(7-5-12)18(20)21/h4-7H,1-3,8-11H2,(H2,15,16,19). The number of benzene rings is 1. The molecule has 2 amide bonds. The van der Waals surface area contributed by atoms with E-state index in [4.69, 9.17) is 0 Å². The van der Waals surface area contributed by atoms with Gasteiger partial charge in [0, 0.05) is 24.4 Å². The van der Waals surface area contributed by atoms with Crippen molar-refractivity contribution in [3.05, 3.63) is 34.4 Å². The maximum atomic E-state index is 11.7. The van der Waals surface area contributed by atoms with Gasteiger partial charge in [-0.05, 0) is 51.0 Å². The number of nitro benzene ring substituents is 1. The van der Waals surface area contributed by atoms with Crippen LogP contribution in [0.1, 0.15) is 19.3 Å². The molecule has 2 rings (SSSR count). The number of anilines is 1. The average molecular weight is 292 g/mol. The molecule has 0 radical (unpaired) electrons. The summed E-state index contributed by atoms with van der Waals surface area (Å²) in [5, 5.41) is 16.0. The maximum Gasteiger partial charge on any atom is 0.319 e. The quantitative estimate of drug-likeness (QED) is 0.478.